The van der Waals surface area contributed by atoms with E-state index in [0.717, 1.165) is 31.2 Å². The highest BCUT2D eigenvalue weighted by atomic mass is 16.3. The molecule has 7 heteroatoms. The molecule has 1 aromatic carbocycles. The van der Waals surface area contributed by atoms with Crippen LogP contribution in [0.3, 0.4) is 0 Å². The van der Waals surface area contributed by atoms with Crippen LogP contribution in [0.25, 0.3) is 23.2 Å². The maximum Gasteiger partial charge on any atom is 0.272 e. The summed E-state index contributed by atoms with van der Waals surface area (Å²) in [6.45, 7) is 0. The molecule has 0 radical (unpaired) electrons. The number of carbonyl (C=O) groups is 1. The summed E-state index contributed by atoms with van der Waals surface area (Å²) in [5, 5.41) is 12.1. The molecule has 1 aliphatic carbocycles. The first-order chi connectivity index (χ1) is 13.7. The van der Waals surface area contributed by atoms with Crippen molar-refractivity contribution < 1.29 is 9.21 Å². The lowest BCUT2D eigenvalue weighted by Crippen LogP contribution is -2.39. The van der Waals surface area contributed by atoms with E-state index in [4.69, 9.17) is 4.42 Å². The number of hydrogen-bond donors (Lipinski definition) is 0. The van der Waals surface area contributed by atoms with E-state index in [1.807, 2.05) is 42.3 Å². The SMILES string of the molecule is CN(C(=O)/C(=C\c1ccco1)n1nnnc1-c1ccccc1)C1CCCCC1. The van der Waals surface area contributed by atoms with Gasteiger partial charge in [-0.1, -0.05) is 49.6 Å². The number of likely N-dealkylation sites (N-methyl/N-ethyl adjacent to an activating group) is 1. The highest BCUT2D eigenvalue weighted by Gasteiger charge is 2.27. The minimum Gasteiger partial charge on any atom is -0.465 e. The van der Waals surface area contributed by atoms with Crippen molar-refractivity contribution in [2.24, 2.45) is 0 Å². The normalized spacial score (nSPS) is 15.5. The Bertz CT molecular complexity index is 940. The van der Waals surface area contributed by atoms with E-state index < -0.39 is 0 Å². The lowest BCUT2D eigenvalue weighted by atomic mass is 9.94. The molecule has 0 spiro atoms. The third-order valence-corrected chi connectivity index (χ3v) is 5.21. The Morgan fingerprint density at radius 3 is 2.64 bits per heavy atom. The van der Waals surface area contributed by atoms with Crippen molar-refractivity contribution in [1.29, 1.82) is 0 Å². The number of amides is 1. The van der Waals surface area contributed by atoms with Crippen molar-refractivity contribution in [3.8, 4) is 11.4 Å². The molecule has 4 rings (SSSR count). The Morgan fingerprint density at radius 1 is 1.14 bits per heavy atom. The zero-order valence-corrected chi connectivity index (χ0v) is 15.9. The van der Waals surface area contributed by atoms with Gasteiger partial charge < -0.3 is 9.32 Å². The van der Waals surface area contributed by atoms with Gasteiger partial charge in [-0.3, -0.25) is 4.79 Å². The van der Waals surface area contributed by atoms with Gasteiger partial charge in [-0.25, -0.2) is 0 Å². The summed E-state index contributed by atoms with van der Waals surface area (Å²) in [7, 11) is 1.86. The van der Waals surface area contributed by atoms with E-state index in [1.54, 1.807) is 24.5 Å². The van der Waals surface area contributed by atoms with Gasteiger partial charge in [0.2, 0.25) is 0 Å². The second-order valence-electron chi connectivity index (χ2n) is 7.03. The van der Waals surface area contributed by atoms with Crippen LogP contribution in [-0.4, -0.2) is 44.1 Å². The Kier molecular flexibility index (Phi) is 5.32. The van der Waals surface area contributed by atoms with Gasteiger partial charge in [-0.2, -0.15) is 4.68 Å². The predicted molar refractivity (Wildman–Crippen MR) is 106 cm³/mol. The van der Waals surface area contributed by atoms with E-state index in [-0.39, 0.29) is 11.9 Å². The van der Waals surface area contributed by atoms with Crippen molar-refractivity contribution in [1.82, 2.24) is 25.1 Å². The Labute approximate surface area is 163 Å². The largest absolute Gasteiger partial charge is 0.465 e. The maximum atomic E-state index is 13.5. The van der Waals surface area contributed by atoms with E-state index >= 15 is 0 Å². The summed E-state index contributed by atoms with van der Waals surface area (Å²) >= 11 is 0. The van der Waals surface area contributed by atoms with Crippen LogP contribution in [0.4, 0.5) is 0 Å². The fourth-order valence-electron chi connectivity index (χ4n) is 3.65. The fourth-order valence-corrected chi connectivity index (χ4v) is 3.65. The molecule has 0 bridgehead atoms. The molecule has 1 saturated carbocycles. The first kappa shape index (κ1) is 18.2. The quantitative estimate of drug-likeness (QED) is 0.633. The van der Waals surface area contributed by atoms with E-state index in [1.165, 1.54) is 11.1 Å². The summed E-state index contributed by atoms with van der Waals surface area (Å²) in [5.41, 5.74) is 1.21. The van der Waals surface area contributed by atoms with Crippen LogP contribution >= 0.6 is 0 Å². The van der Waals surface area contributed by atoms with Gasteiger partial charge >= 0.3 is 0 Å². The molecule has 1 aliphatic rings. The molecule has 7 nitrogen and oxygen atoms in total. The second kappa shape index (κ2) is 8.21. The van der Waals surface area contributed by atoms with Crippen LogP contribution in [0.2, 0.25) is 0 Å². The van der Waals surface area contributed by atoms with Gasteiger partial charge in [0.25, 0.3) is 5.91 Å². The smallest absolute Gasteiger partial charge is 0.272 e. The van der Waals surface area contributed by atoms with Crippen molar-refractivity contribution in [3.05, 3.63) is 54.5 Å². The summed E-state index contributed by atoms with van der Waals surface area (Å²) in [5.74, 6) is 0.978. The van der Waals surface area contributed by atoms with E-state index in [2.05, 4.69) is 15.5 Å². The van der Waals surface area contributed by atoms with Gasteiger partial charge in [0, 0.05) is 24.7 Å². The Hall–Kier alpha value is -3.22. The number of carbonyl (C=O) groups excluding carboxylic acids is 1. The molecule has 2 aromatic heterocycles. The van der Waals surface area contributed by atoms with Crippen LogP contribution in [0.15, 0.2) is 53.1 Å². The topological polar surface area (TPSA) is 77.0 Å². The van der Waals surface area contributed by atoms with Crippen molar-refractivity contribution in [2.45, 2.75) is 38.1 Å². The highest BCUT2D eigenvalue weighted by Crippen LogP contribution is 2.26. The monoisotopic (exact) mass is 377 g/mol. The summed E-state index contributed by atoms with van der Waals surface area (Å²) in [6.07, 6.45) is 8.87. The average Bonchev–Trinajstić information content (AvgIpc) is 3.44. The highest BCUT2D eigenvalue weighted by molar-refractivity contribution is 6.18. The molecule has 0 unspecified atom stereocenters. The molecule has 0 atom stereocenters. The number of hydrogen-bond acceptors (Lipinski definition) is 5. The molecule has 3 aromatic rings. The summed E-state index contributed by atoms with van der Waals surface area (Å²) in [6, 6.07) is 13.4. The number of rotatable bonds is 5. The molecule has 0 aliphatic heterocycles. The molecule has 2 heterocycles. The van der Waals surface area contributed by atoms with Gasteiger partial charge in [0.15, 0.2) is 5.82 Å². The lowest BCUT2D eigenvalue weighted by molar-refractivity contribution is -0.126. The molecule has 144 valence electrons. The Morgan fingerprint density at radius 2 is 1.93 bits per heavy atom. The molecule has 0 N–H and O–H groups in total. The number of benzene rings is 1. The van der Waals surface area contributed by atoms with Crippen molar-refractivity contribution >= 4 is 17.7 Å². The van der Waals surface area contributed by atoms with Crippen LogP contribution < -0.4 is 0 Å². The number of aromatic nitrogens is 4. The number of furan rings is 1. The van der Waals surface area contributed by atoms with Crippen LogP contribution in [0, 0.1) is 0 Å². The molecule has 28 heavy (non-hydrogen) atoms. The third kappa shape index (κ3) is 3.74. The molecule has 1 amide bonds. The fraction of sp³-hybridized carbons (Fsp3) is 0.333. The lowest BCUT2D eigenvalue weighted by Gasteiger charge is -2.31. The first-order valence-corrected chi connectivity index (χ1v) is 9.60. The molecular weight excluding hydrogens is 354 g/mol. The zero-order chi connectivity index (χ0) is 19.3. The summed E-state index contributed by atoms with van der Waals surface area (Å²) < 4.78 is 6.95. The Balaban J connectivity index is 1.74. The minimum atomic E-state index is -0.118. The van der Waals surface area contributed by atoms with Crippen molar-refractivity contribution in [3.63, 3.8) is 0 Å². The minimum absolute atomic E-state index is 0.118. The molecular formula is C21H23N5O2. The van der Waals surface area contributed by atoms with E-state index in [9.17, 15) is 4.79 Å². The number of tetrazole rings is 1. The van der Waals surface area contributed by atoms with Crippen molar-refractivity contribution in [2.75, 3.05) is 7.05 Å². The first-order valence-electron chi connectivity index (χ1n) is 9.60. The van der Waals surface area contributed by atoms with Gasteiger partial charge in [-0.05, 0) is 35.4 Å². The van der Waals surface area contributed by atoms with Gasteiger partial charge in [-0.15, -0.1) is 5.10 Å². The zero-order valence-electron chi connectivity index (χ0n) is 15.9. The predicted octanol–water partition coefficient (Wildman–Crippen LogP) is 3.72. The van der Waals surface area contributed by atoms with E-state index in [0.29, 0.717) is 17.3 Å². The molecule has 0 saturated heterocycles. The van der Waals surface area contributed by atoms with Crippen LogP contribution in [0.5, 0.6) is 0 Å². The van der Waals surface area contributed by atoms with Crippen LogP contribution in [0.1, 0.15) is 37.9 Å². The molecule has 1 fully saturated rings. The average molecular weight is 377 g/mol. The van der Waals surface area contributed by atoms with Gasteiger partial charge in [0.05, 0.1) is 6.26 Å². The summed E-state index contributed by atoms with van der Waals surface area (Å²) in [4.78, 5) is 15.3. The van der Waals surface area contributed by atoms with Crippen LogP contribution in [-0.2, 0) is 4.79 Å². The van der Waals surface area contributed by atoms with Gasteiger partial charge in [0.1, 0.15) is 11.5 Å². The standard InChI is InChI=1S/C21H23N5O2/c1-25(17-11-6-3-7-12-17)21(27)19(15-18-13-8-14-28-18)26-20(22-23-24-26)16-9-4-2-5-10-16/h2,4-5,8-10,13-15,17H,3,6-7,11-12H2,1H3/b19-15+. The third-order valence-electron chi connectivity index (χ3n) is 5.21. The maximum absolute atomic E-state index is 13.5. The second-order valence-corrected chi connectivity index (χ2v) is 7.03. The number of nitrogens with zero attached hydrogens (tertiary/aromatic N) is 5.